The van der Waals surface area contributed by atoms with Gasteiger partial charge in [-0.05, 0) is 55.3 Å². The standard InChI is InChI=1S/C20H24N4S/c1-2-3-14-10-15(20-5-4-17(12-21)25-20)11-19(18(14)13-22)24-16-6-8-23-9-7-16/h2-4,10-11,13,16,20,23-24H,1,5-9,22H2/b14-3-,18-13+. The molecule has 2 heterocycles. The minimum Gasteiger partial charge on any atom is -0.404 e. The molecule has 0 amide bonds. The van der Waals surface area contributed by atoms with E-state index in [1.165, 1.54) is 5.56 Å². The Hall–Kier alpha value is -2.16. The first-order chi connectivity index (χ1) is 12.2. The molecule has 25 heavy (non-hydrogen) atoms. The van der Waals surface area contributed by atoms with Crippen LogP contribution in [0.5, 0.6) is 0 Å². The van der Waals surface area contributed by atoms with Gasteiger partial charge in [-0.1, -0.05) is 24.8 Å². The van der Waals surface area contributed by atoms with Crippen molar-refractivity contribution in [2.75, 3.05) is 18.4 Å². The number of piperidine rings is 1. The van der Waals surface area contributed by atoms with Gasteiger partial charge in [-0.25, -0.2) is 0 Å². The van der Waals surface area contributed by atoms with Crippen molar-refractivity contribution in [3.63, 3.8) is 0 Å². The third-order valence-corrected chi connectivity index (χ3v) is 5.93. The smallest absolute Gasteiger partial charge is 0.106 e. The third kappa shape index (κ3) is 4.09. The fraction of sp³-hybridized carbons (Fsp3) is 0.350. The van der Waals surface area contributed by atoms with Crippen LogP contribution in [0.15, 0.2) is 35.8 Å². The van der Waals surface area contributed by atoms with Crippen LogP contribution in [0.1, 0.15) is 30.1 Å². The van der Waals surface area contributed by atoms with Crippen molar-refractivity contribution in [1.82, 2.24) is 5.32 Å². The lowest BCUT2D eigenvalue weighted by molar-refractivity contribution is 0.479. The van der Waals surface area contributed by atoms with E-state index in [0.717, 1.165) is 53.4 Å². The van der Waals surface area contributed by atoms with Gasteiger partial charge in [-0.15, -0.1) is 11.8 Å². The fourth-order valence-electron chi connectivity index (χ4n) is 3.38. The highest BCUT2D eigenvalue weighted by Crippen LogP contribution is 2.43. The lowest BCUT2D eigenvalue weighted by Crippen LogP contribution is -2.38. The van der Waals surface area contributed by atoms with Crippen molar-refractivity contribution < 1.29 is 0 Å². The minimum absolute atomic E-state index is 0.284. The minimum atomic E-state index is 0.284. The molecule has 3 rings (SSSR count). The van der Waals surface area contributed by atoms with Gasteiger partial charge in [0.2, 0.25) is 0 Å². The van der Waals surface area contributed by atoms with Crippen LogP contribution in [0.4, 0.5) is 5.69 Å². The third-order valence-electron chi connectivity index (χ3n) is 4.67. The van der Waals surface area contributed by atoms with Crippen molar-refractivity contribution in [2.45, 2.75) is 30.6 Å². The Kier molecular flexibility index (Phi) is 5.85. The van der Waals surface area contributed by atoms with Gasteiger partial charge in [0.25, 0.3) is 0 Å². The average Bonchev–Trinajstić information content (AvgIpc) is 3.12. The van der Waals surface area contributed by atoms with Gasteiger partial charge in [0, 0.05) is 28.4 Å². The van der Waals surface area contributed by atoms with E-state index in [0.29, 0.717) is 6.04 Å². The van der Waals surface area contributed by atoms with Crippen molar-refractivity contribution >= 4 is 29.7 Å². The van der Waals surface area contributed by atoms with Crippen LogP contribution in [-0.4, -0.2) is 19.1 Å². The topological polar surface area (TPSA) is 73.9 Å². The molecule has 1 atom stereocenters. The molecular weight excluding hydrogens is 328 g/mol. The van der Waals surface area contributed by atoms with Crippen molar-refractivity contribution in [1.29, 1.82) is 5.26 Å². The molecule has 4 N–H and O–H groups in total. The number of nitrogens with one attached hydrogen (secondary N) is 2. The molecule has 0 bridgehead atoms. The summed E-state index contributed by atoms with van der Waals surface area (Å²) in [6.45, 7) is 5.91. The SMILES string of the molecule is C=C/C=c1/cc(C2CC=C(C#N)S2)cc(NC2CCNCC2)/c1=C/N. The van der Waals surface area contributed by atoms with E-state index < -0.39 is 0 Å². The molecule has 0 aromatic heterocycles. The summed E-state index contributed by atoms with van der Waals surface area (Å²) in [5.74, 6) is 0. The van der Waals surface area contributed by atoms with E-state index in [1.807, 2.05) is 12.2 Å². The molecule has 1 unspecified atom stereocenters. The maximum atomic E-state index is 9.12. The Bertz CT molecular complexity index is 828. The monoisotopic (exact) mass is 352 g/mol. The highest BCUT2D eigenvalue weighted by atomic mass is 32.2. The fourth-order valence-corrected chi connectivity index (χ4v) is 4.40. The van der Waals surface area contributed by atoms with Crippen molar-refractivity contribution in [3.05, 3.63) is 51.8 Å². The van der Waals surface area contributed by atoms with Crippen molar-refractivity contribution in [3.8, 4) is 6.07 Å². The van der Waals surface area contributed by atoms with E-state index >= 15 is 0 Å². The normalized spacial score (nSPS) is 22.5. The zero-order chi connectivity index (χ0) is 17.6. The molecule has 0 radical (unpaired) electrons. The van der Waals surface area contributed by atoms with Gasteiger partial charge in [0.1, 0.15) is 6.07 Å². The highest BCUT2D eigenvalue weighted by Gasteiger charge is 2.21. The highest BCUT2D eigenvalue weighted by molar-refractivity contribution is 8.03. The molecule has 2 aliphatic heterocycles. The number of hydrogen-bond donors (Lipinski definition) is 3. The van der Waals surface area contributed by atoms with Crippen LogP contribution >= 0.6 is 11.8 Å². The number of hydrogen-bond acceptors (Lipinski definition) is 5. The molecule has 0 saturated carbocycles. The summed E-state index contributed by atoms with van der Waals surface area (Å²) in [6.07, 6.45) is 10.6. The Morgan fingerprint density at radius 2 is 2.16 bits per heavy atom. The molecule has 4 nitrogen and oxygen atoms in total. The van der Waals surface area contributed by atoms with Gasteiger partial charge in [-0.2, -0.15) is 5.26 Å². The first-order valence-electron chi connectivity index (χ1n) is 8.68. The summed E-state index contributed by atoms with van der Waals surface area (Å²) < 4.78 is 0. The maximum absolute atomic E-state index is 9.12. The molecule has 2 aliphatic rings. The average molecular weight is 353 g/mol. The second-order valence-corrected chi connectivity index (χ2v) is 7.58. The summed E-state index contributed by atoms with van der Waals surface area (Å²) in [4.78, 5) is 0.807. The molecule has 0 aliphatic carbocycles. The number of anilines is 1. The summed E-state index contributed by atoms with van der Waals surface area (Å²) in [6, 6.07) is 7.08. The number of nitrogens with zero attached hydrogens (tertiary/aromatic N) is 1. The zero-order valence-electron chi connectivity index (χ0n) is 14.3. The number of nitrogens with two attached hydrogens (primary N) is 1. The molecule has 1 saturated heterocycles. The second-order valence-electron chi connectivity index (χ2n) is 6.33. The number of nitriles is 1. The van der Waals surface area contributed by atoms with Crippen LogP contribution in [-0.2, 0) is 0 Å². The Labute approximate surface area is 153 Å². The van der Waals surface area contributed by atoms with E-state index in [9.17, 15) is 0 Å². The molecule has 1 aromatic carbocycles. The van der Waals surface area contributed by atoms with E-state index in [1.54, 1.807) is 24.0 Å². The van der Waals surface area contributed by atoms with E-state index in [4.69, 9.17) is 11.0 Å². The largest absolute Gasteiger partial charge is 0.404 e. The zero-order valence-corrected chi connectivity index (χ0v) is 15.1. The molecule has 1 aromatic rings. The van der Waals surface area contributed by atoms with Crippen LogP contribution in [0.3, 0.4) is 0 Å². The second kappa shape index (κ2) is 8.28. The molecular formula is C20H24N4S. The molecule has 130 valence electrons. The van der Waals surface area contributed by atoms with Crippen LogP contribution in [0, 0.1) is 11.3 Å². The van der Waals surface area contributed by atoms with Gasteiger partial charge in [0.05, 0.1) is 4.91 Å². The van der Waals surface area contributed by atoms with Crippen LogP contribution in [0.2, 0.25) is 0 Å². The summed E-state index contributed by atoms with van der Waals surface area (Å²) >= 11 is 1.64. The first kappa shape index (κ1) is 17.7. The summed E-state index contributed by atoms with van der Waals surface area (Å²) in [5.41, 5.74) is 8.24. The number of benzene rings is 1. The van der Waals surface area contributed by atoms with Crippen LogP contribution < -0.4 is 26.8 Å². The van der Waals surface area contributed by atoms with Gasteiger partial charge >= 0.3 is 0 Å². The number of thioether (sulfide) groups is 1. The lowest BCUT2D eigenvalue weighted by Gasteiger charge is -2.25. The predicted molar refractivity (Wildman–Crippen MR) is 107 cm³/mol. The molecule has 1 fully saturated rings. The van der Waals surface area contributed by atoms with E-state index in [2.05, 4.69) is 35.4 Å². The van der Waals surface area contributed by atoms with Gasteiger partial charge in [-0.3, -0.25) is 0 Å². The lowest BCUT2D eigenvalue weighted by atomic mass is 10.0. The quantitative estimate of drug-likeness (QED) is 0.774. The molecule has 5 heteroatoms. The van der Waals surface area contributed by atoms with Crippen LogP contribution in [0.25, 0.3) is 12.3 Å². The number of allylic oxidation sites excluding steroid dienone is 3. The summed E-state index contributed by atoms with van der Waals surface area (Å²) in [7, 11) is 0. The first-order valence-corrected chi connectivity index (χ1v) is 9.56. The molecule has 0 spiro atoms. The summed E-state index contributed by atoms with van der Waals surface area (Å²) in [5, 5.41) is 18.6. The van der Waals surface area contributed by atoms with E-state index in [-0.39, 0.29) is 5.25 Å². The van der Waals surface area contributed by atoms with Crippen molar-refractivity contribution in [2.24, 2.45) is 5.73 Å². The Morgan fingerprint density at radius 3 is 2.80 bits per heavy atom. The van der Waals surface area contributed by atoms with Gasteiger partial charge in [0.15, 0.2) is 0 Å². The predicted octanol–water partition coefficient (Wildman–Crippen LogP) is 2.10. The number of rotatable bonds is 4. The van der Waals surface area contributed by atoms with Gasteiger partial charge < -0.3 is 16.4 Å². The maximum Gasteiger partial charge on any atom is 0.106 e. The Balaban J connectivity index is 1.98. The Morgan fingerprint density at radius 1 is 1.36 bits per heavy atom.